The maximum atomic E-state index is 10.7. The smallest absolute Gasteiger partial charge is 0.279 e. The summed E-state index contributed by atoms with van der Waals surface area (Å²) in [5, 5.41) is 0. The van der Waals surface area contributed by atoms with Crippen molar-refractivity contribution in [3.63, 3.8) is 0 Å². The van der Waals surface area contributed by atoms with E-state index in [-0.39, 0.29) is 19.5 Å². The van der Waals surface area contributed by atoms with Crippen LogP contribution >= 0.6 is 31.9 Å². The molecule has 1 radical (unpaired) electrons. The summed E-state index contributed by atoms with van der Waals surface area (Å²) in [5.41, 5.74) is -5.53. The number of hydrogen-bond donors (Lipinski definition) is 1. The number of hydrogen-bond acceptors (Lipinski definition) is 2. The fraction of sp³-hybridized carbons (Fsp3) is 0.647. The second kappa shape index (κ2) is 12.3. The quantitative estimate of drug-likeness (QED) is 0.196. The van der Waals surface area contributed by atoms with E-state index in [1.807, 2.05) is 24.3 Å². The second-order valence-electron chi connectivity index (χ2n) is 6.65. The molecule has 0 aromatic heterocycles. The van der Waals surface area contributed by atoms with Gasteiger partial charge in [0.15, 0.2) is 0 Å². The van der Waals surface area contributed by atoms with Crippen LogP contribution in [0.4, 0.5) is 13.2 Å². The van der Waals surface area contributed by atoms with E-state index in [1.54, 1.807) is 0 Å². The van der Waals surface area contributed by atoms with Crippen molar-refractivity contribution >= 4 is 42.0 Å². The van der Waals surface area contributed by atoms with Crippen molar-refractivity contribution in [2.45, 2.75) is 40.1 Å². The van der Waals surface area contributed by atoms with Gasteiger partial charge in [-0.05, 0) is 53.9 Å². The summed E-state index contributed by atoms with van der Waals surface area (Å²) in [6, 6.07) is 7.96. The van der Waals surface area contributed by atoms with Gasteiger partial charge < -0.3 is 0 Å². The fourth-order valence-electron chi connectivity index (χ4n) is 2.82. The summed E-state index contributed by atoms with van der Waals surface area (Å²) in [7, 11) is -5.84. The van der Waals surface area contributed by atoms with Crippen LogP contribution in [-0.2, 0) is 29.6 Å². The van der Waals surface area contributed by atoms with Crippen LogP contribution in [0.3, 0.4) is 0 Å². The van der Waals surface area contributed by atoms with Crippen LogP contribution in [0, 0.1) is 29.6 Å². The Hall–Kier alpha value is 0.503. The van der Waals surface area contributed by atoms with Crippen molar-refractivity contribution in [1.29, 1.82) is 0 Å². The molecule has 0 spiro atoms. The SMILES string of the molecule is Brc1ccc(Br)cc1.CC1C(C)C(C)C(C)C1C.O=S(=O)(O)C(F)(F)F.[Ru+]. The Morgan fingerprint density at radius 3 is 1.04 bits per heavy atom. The van der Waals surface area contributed by atoms with E-state index in [9.17, 15) is 13.2 Å². The number of halogens is 5. The van der Waals surface area contributed by atoms with E-state index in [0.29, 0.717) is 0 Å². The monoisotopic (exact) mass is 626 g/mol. The number of benzene rings is 1. The first kappa shape index (κ1) is 29.7. The van der Waals surface area contributed by atoms with Crippen molar-refractivity contribution < 1.29 is 45.6 Å². The molecule has 0 amide bonds. The predicted octanol–water partition coefficient (Wildman–Crippen LogP) is 6.78. The Labute approximate surface area is 189 Å². The normalized spacial score (nSPS) is 27.4. The maximum absolute atomic E-state index is 10.7. The first-order chi connectivity index (χ1) is 11.6. The minimum atomic E-state index is -5.84. The molecule has 0 atom stereocenters. The van der Waals surface area contributed by atoms with Crippen LogP contribution in [0.1, 0.15) is 34.6 Å². The van der Waals surface area contributed by atoms with Crippen molar-refractivity contribution in [1.82, 2.24) is 0 Å². The molecule has 0 unspecified atom stereocenters. The summed E-state index contributed by atoms with van der Waals surface area (Å²) in [4.78, 5) is 0. The van der Waals surface area contributed by atoms with E-state index < -0.39 is 15.6 Å². The Morgan fingerprint density at radius 2 is 0.926 bits per heavy atom. The molecular weight excluding hydrogens is 602 g/mol. The number of alkyl halides is 3. The minimum absolute atomic E-state index is 0. The topological polar surface area (TPSA) is 54.4 Å². The third kappa shape index (κ3) is 10.2. The van der Waals surface area contributed by atoms with Gasteiger partial charge in [-0.3, -0.25) is 4.55 Å². The largest absolute Gasteiger partial charge is 1.00 e. The molecule has 0 aliphatic heterocycles. The Bertz CT molecular complexity index is 589. The van der Waals surface area contributed by atoms with E-state index in [1.165, 1.54) is 0 Å². The summed E-state index contributed by atoms with van der Waals surface area (Å²) >= 11 is 6.65. The van der Waals surface area contributed by atoms with E-state index in [4.69, 9.17) is 13.0 Å². The predicted molar refractivity (Wildman–Crippen MR) is 105 cm³/mol. The molecule has 1 aliphatic rings. The molecule has 1 fully saturated rings. The van der Waals surface area contributed by atoms with Crippen LogP contribution in [-0.4, -0.2) is 18.5 Å². The Balaban J connectivity index is 0. The van der Waals surface area contributed by atoms with Gasteiger partial charge in [-0.25, -0.2) is 0 Å². The first-order valence-electron chi connectivity index (χ1n) is 8.04. The molecule has 0 bridgehead atoms. The average Bonchev–Trinajstić information content (AvgIpc) is 2.68. The van der Waals surface area contributed by atoms with Crippen LogP contribution < -0.4 is 0 Å². The zero-order valence-electron chi connectivity index (χ0n) is 15.6. The molecule has 1 N–H and O–H groups in total. The van der Waals surface area contributed by atoms with Crippen molar-refractivity contribution in [2.24, 2.45) is 29.6 Å². The minimum Gasteiger partial charge on any atom is -0.279 e. The molecule has 1 aromatic rings. The van der Waals surface area contributed by atoms with Crippen molar-refractivity contribution in [3.05, 3.63) is 33.2 Å². The van der Waals surface area contributed by atoms with Gasteiger partial charge in [0.2, 0.25) is 0 Å². The van der Waals surface area contributed by atoms with Crippen LogP contribution in [0.2, 0.25) is 0 Å². The molecule has 10 heteroatoms. The average molecular weight is 627 g/mol. The molecule has 2 rings (SSSR count). The van der Waals surface area contributed by atoms with E-state index in [2.05, 4.69) is 66.5 Å². The summed E-state index contributed by atoms with van der Waals surface area (Å²) in [6.07, 6.45) is 0. The third-order valence-electron chi connectivity index (χ3n) is 5.24. The van der Waals surface area contributed by atoms with Crippen LogP contribution in [0.15, 0.2) is 33.2 Å². The molecular formula is C17H25Br2F3O3RuS+. The standard InChI is InChI=1S/C10H20.C6H4Br2.CHF3O3S.Ru/c1-6-7(2)9(4)10(5)8(6)3;7-5-1-2-6(8)4-3-5;2-1(3,4)8(5,6)7;/h6-10H,1-5H3;1-4H;(H,5,6,7);/q;;;+1. The third-order valence-corrected chi connectivity index (χ3v) is 6.89. The van der Waals surface area contributed by atoms with Gasteiger partial charge in [0.05, 0.1) is 0 Å². The van der Waals surface area contributed by atoms with Crippen LogP contribution in [0.25, 0.3) is 0 Å². The molecule has 0 saturated heterocycles. The van der Waals surface area contributed by atoms with E-state index in [0.717, 1.165) is 38.5 Å². The summed E-state index contributed by atoms with van der Waals surface area (Å²) in [6.45, 7) is 12.0. The Kier molecular flexibility index (Phi) is 13.5. The molecule has 1 aromatic carbocycles. The molecule has 0 heterocycles. The van der Waals surface area contributed by atoms with Gasteiger partial charge >= 0.3 is 35.1 Å². The van der Waals surface area contributed by atoms with E-state index >= 15 is 0 Å². The van der Waals surface area contributed by atoms with Gasteiger partial charge in [0.1, 0.15) is 0 Å². The molecule has 159 valence electrons. The van der Waals surface area contributed by atoms with Gasteiger partial charge in [-0.1, -0.05) is 66.5 Å². The van der Waals surface area contributed by atoms with Crippen molar-refractivity contribution in [3.8, 4) is 0 Å². The first-order valence-corrected chi connectivity index (χ1v) is 11.1. The van der Waals surface area contributed by atoms with Gasteiger partial charge in [0.25, 0.3) is 0 Å². The second-order valence-corrected chi connectivity index (χ2v) is 9.90. The van der Waals surface area contributed by atoms with Gasteiger partial charge in [-0.2, -0.15) is 21.6 Å². The zero-order chi connectivity index (χ0) is 20.9. The van der Waals surface area contributed by atoms with Gasteiger partial charge in [-0.15, -0.1) is 0 Å². The van der Waals surface area contributed by atoms with Crippen molar-refractivity contribution in [2.75, 3.05) is 0 Å². The summed E-state index contributed by atoms with van der Waals surface area (Å²) < 4.78 is 59.8. The molecule has 27 heavy (non-hydrogen) atoms. The Morgan fingerprint density at radius 1 is 0.778 bits per heavy atom. The summed E-state index contributed by atoms with van der Waals surface area (Å²) in [5.74, 6) is 4.68. The number of rotatable bonds is 0. The molecule has 3 nitrogen and oxygen atoms in total. The van der Waals surface area contributed by atoms with Gasteiger partial charge in [0, 0.05) is 8.95 Å². The molecule has 1 saturated carbocycles. The molecule has 1 aliphatic carbocycles. The zero-order valence-corrected chi connectivity index (χ0v) is 21.3. The fourth-order valence-corrected chi connectivity index (χ4v) is 3.35. The maximum Gasteiger partial charge on any atom is 1.00 e. The van der Waals surface area contributed by atoms with Crippen LogP contribution in [0.5, 0.6) is 0 Å².